The zero-order valence-electron chi connectivity index (χ0n) is 9.71. The molecule has 0 fully saturated rings. The number of hydrogen-bond acceptors (Lipinski definition) is 3. The maximum Gasteiger partial charge on any atom is 0.416 e. The van der Waals surface area contributed by atoms with Gasteiger partial charge < -0.3 is 15.4 Å². The Balaban J connectivity index is 2.59. The largest absolute Gasteiger partial charge is 0.479 e. The summed E-state index contributed by atoms with van der Waals surface area (Å²) in [6, 6.07) is 1.65. The molecule has 1 aliphatic heterocycles. The second-order valence-electron chi connectivity index (χ2n) is 4.07. The van der Waals surface area contributed by atoms with Crippen LogP contribution in [0, 0.1) is 0 Å². The minimum Gasteiger partial charge on any atom is -0.479 e. The Kier molecular flexibility index (Phi) is 2.64. The molecule has 1 aromatic rings. The van der Waals surface area contributed by atoms with Gasteiger partial charge in [-0.15, -0.1) is 0 Å². The molecule has 1 atom stereocenters. The van der Waals surface area contributed by atoms with Gasteiger partial charge >= 0.3 is 6.18 Å². The number of hydrogen-bond donors (Lipinski definition) is 1. The van der Waals surface area contributed by atoms with E-state index < -0.39 is 17.8 Å². The molecule has 0 aliphatic carbocycles. The lowest BCUT2D eigenvalue weighted by Gasteiger charge is -2.31. The maximum atomic E-state index is 12.6. The predicted octanol–water partition coefficient (Wildman–Crippen LogP) is 2.03. The lowest BCUT2D eigenvalue weighted by molar-refractivity contribution is -0.137. The third-order valence-corrected chi connectivity index (χ3v) is 2.75. The zero-order valence-corrected chi connectivity index (χ0v) is 9.71. The molecule has 2 rings (SSSR count). The van der Waals surface area contributed by atoms with E-state index in [1.54, 1.807) is 0 Å². The van der Waals surface area contributed by atoms with Crippen molar-refractivity contribution in [3.8, 4) is 5.75 Å². The normalized spacial score (nSPS) is 19.5. The van der Waals surface area contributed by atoms with Gasteiger partial charge in [0.05, 0.1) is 11.3 Å². The van der Waals surface area contributed by atoms with Crippen molar-refractivity contribution in [2.75, 3.05) is 17.7 Å². The molecule has 2 N–H and O–H groups in total. The highest BCUT2D eigenvalue weighted by atomic mass is 19.4. The predicted molar refractivity (Wildman–Crippen MR) is 59.4 cm³/mol. The van der Waals surface area contributed by atoms with Crippen LogP contribution < -0.4 is 15.4 Å². The number of nitrogen functional groups attached to an aromatic ring is 1. The number of nitrogens with two attached hydrogens (primary N) is 1. The number of alkyl halides is 3. The van der Waals surface area contributed by atoms with Gasteiger partial charge in [0.15, 0.2) is 6.10 Å². The molecule has 1 amide bonds. The van der Waals surface area contributed by atoms with Crippen LogP contribution >= 0.6 is 0 Å². The molecule has 0 bridgehead atoms. The summed E-state index contributed by atoms with van der Waals surface area (Å²) in [5.41, 5.74) is 4.70. The lowest BCUT2D eigenvalue weighted by atomic mass is 10.1. The van der Waals surface area contributed by atoms with Crippen molar-refractivity contribution in [1.29, 1.82) is 0 Å². The Labute approximate surface area is 101 Å². The van der Waals surface area contributed by atoms with Crippen LogP contribution in [0.5, 0.6) is 5.75 Å². The molecule has 7 heteroatoms. The maximum absolute atomic E-state index is 12.6. The fourth-order valence-electron chi connectivity index (χ4n) is 1.87. The number of carbonyl (C=O) groups excluding carboxylic acids is 1. The molecule has 0 spiro atoms. The summed E-state index contributed by atoms with van der Waals surface area (Å²) in [5.74, 6) is -0.383. The first kappa shape index (κ1) is 12.5. The van der Waals surface area contributed by atoms with Crippen molar-refractivity contribution < 1.29 is 22.7 Å². The van der Waals surface area contributed by atoms with Crippen molar-refractivity contribution in [2.45, 2.75) is 19.2 Å². The monoisotopic (exact) mass is 260 g/mol. The summed E-state index contributed by atoms with van der Waals surface area (Å²) in [4.78, 5) is 12.9. The third-order valence-electron chi connectivity index (χ3n) is 2.75. The van der Waals surface area contributed by atoms with E-state index in [1.165, 1.54) is 18.9 Å². The van der Waals surface area contributed by atoms with E-state index >= 15 is 0 Å². The number of likely N-dealkylation sites (N-methyl/N-ethyl adjacent to an activating group) is 1. The molecule has 0 aromatic heterocycles. The fourth-order valence-corrected chi connectivity index (χ4v) is 1.87. The average Bonchev–Trinajstić information content (AvgIpc) is 2.23. The number of carbonyl (C=O) groups is 1. The Morgan fingerprint density at radius 1 is 1.39 bits per heavy atom. The first-order chi connectivity index (χ1) is 8.21. The number of anilines is 2. The van der Waals surface area contributed by atoms with E-state index in [1.807, 2.05) is 0 Å². The highest BCUT2D eigenvalue weighted by Crippen LogP contribution is 2.43. The summed E-state index contributed by atoms with van der Waals surface area (Å²) in [6.45, 7) is 1.47. The van der Waals surface area contributed by atoms with Crippen LogP contribution in [0.2, 0.25) is 0 Å². The van der Waals surface area contributed by atoms with Crippen molar-refractivity contribution in [1.82, 2.24) is 0 Å². The van der Waals surface area contributed by atoms with E-state index in [0.29, 0.717) is 0 Å². The standard InChI is InChI=1S/C11H11F3N2O2/c1-5-10(17)16(2)9-7(15)3-6(11(12,13)14)4-8(9)18-5/h3-5H,15H2,1-2H3. The van der Waals surface area contributed by atoms with Gasteiger partial charge in [-0.1, -0.05) is 0 Å². The molecule has 0 radical (unpaired) electrons. The molecule has 0 saturated heterocycles. The van der Waals surface area contributed by atoms with Crippen LogP contribution in [0.4, 0.5) is 24.5 Å². The number of ether oxygens (including phenoxy) is 1. The summed E-state index contributed by atoms with van der Waals surface area (Å²) >= 11 is 0. The van der Waals surface area contributed by atoms with Gasteiger partial charge in [0.25, 0.3) is 5.91 Å². The van der Waals surface area contributed by atoms with Crippen LogP contribution in [-0.4, -0.2) is 19.1 Å². The minimum atomic E-state index is -4.50. The summed E-state index contributed by atoms with van der Waals surface area (Å²) in [5, 5.41) is 0. The summed E-state index contributed by atoms with van der Waals surface area (Å²) < 4.78 is 43.0. The summed E-state index contributed by atoms with van der Waals surface area (Å²) in [6.07, 6.45) is -5.33. The Morgan fingerprint density at radius 3 is 2.56 bits per heavy atom. The zero-order chi connectivity index (χ0) is 13.7. The molecular formula is C11H11F3N2O2. The number of benzene rings is 1. The first-order valence-corrected chi connectivity index (χ1v) is 5.16. The van der Waals surface area contributed by atoms with E-state index in [4.69, 9.17) is 10.5 Å². The molecule has 4 nitrogen and oxygen atoms in total. The molecular weight excluding hydrogens is 249 g/mol. The number of halogens is 3. The number of nitrogens with zero attached hydrogens (tertiary/aromatic N) is 1. The van der Waals surface area contributed by atoms with Gasteiger partial charge in [-0.2, -0.15) is 13.2 Å². The molecule has 1 heterocycles. The van der Waals surface area contributed by atoms with Gasteiger partial charge in [-0.05, 0) is 19.1 Å². The number of rotatable bonds is 0. The Morgan fingerprint density at radius 2 is 2.00 bits per heavy atom. The van der Waals surface area contributed by atoms with Gasteiger partial charge in [0, 0.05) is 7.05 Å². The highest BCUT2D eigenvalue weighted by Gasteiger charge is 2.36. The quantitative estimate of drug-likeness (QED) is 0.726. The van der Waals surface area contributed by atoms with E-state index in [-0.39, 0.29) is 23.0 Å². The van der Waals surface area contributed by atoms with Crippen LogP contribution in [0.3, 0.4) is 0 Å². The second kappa shape index (κ2) is 3.79. The van der Waals surface area contributed by atoms with Crippen LogP contribution in [0.25, 0.3) is 0 Å². The molecule has 1 unspecified atom stereocenters. The molecule has 18 heavy (non-hydrogen) atoms. The minimum absolute atomic E-state index is 0.0306. The molecule has 98 valence electrons. The van der Waals surface area contributed by atoms with Crippen LogP contribution in [-0.2, 0) is 11.0 Å². The highest BCUT2D eigenvalue weighted by molar-refractivity contribution is 6.02. The van der Waals surface area contributed by atoms with Crippen molar-refractivity contribution in [3.05, 3.63) is 17.7 Å². The van der Waals surface area contributed by atoms with Gasteiger partial charge in [-0.25, -0.2) is 0 Å². The number of amides is 1. The molecule has 0 saturated carbocycles. The second-order valence-corrected chi connectivity index (χ2v) is 4.07. The van der Waals surface area contributed by atoms with Crippen LogP contribution in [0.1, 0.15) is 12.5 Å². The van der Waals surface area contributed by atoms with Gasteiger partial charge in [0.1, 0.15) is 11.4 Å². The smallest absolute Gasteiger partial charge is 0.416 e. The topological polar surface area (TPSA) is 55.6 Å². The Hall–Kier alpha value is -1.92. The third kappa shape index (κ3) is 1.85. The Bertz CT molecular complexity index is 514. The average molecular weight is 260 g/mol. The van der Waals surface area contributed by atoms with E-state index in [9.17, 15) is 18.0 Å². The van der Waals surface area contributed by atoms with Crippen molar-refractivity contribution >= 4 is 17.3 Å². The van der Waals surface area contributed by atoms with Crippen molar-refractivity contribution in [2.24, 2.45) is 0 Å². The van der Waals surface area contributed by atoms with Crippen LogP contribution in [0.15, 0.2) is 12.1 Å². The number of fused-ring (bicyclic) bond motifs is 1. The van der Waals surface area contributed by atoms with Crippen molar-refractivity contribution in [3.63, 3.8) is 0 Å². The first-order valence-electron chi connectivity index (χ1n) is 5.16. The molecule has 1 aliphatic rings. The SMILES string of the molecule is CC1Oc2cc(C(F)(F)F)cc(N)c2N(C)C1=O. The molecule has 1 aromatic carbocycles. The van der Waals surface area contributed by atoms with E-state index in [0.717, 1.165) is 12.1 Å². The summed E-state index contributed by atoms with van der Waals surface area (Å²) in [7, 11) is 1.45. The fraction of sp³-hybridized carbons (Fsp3) is 0.364. The van der Waals surface area contributed by atoms with Gasteiger partial charge in [-0.3, -0.25) is 4.79 Å². The van der Waals surface area contributed by atoms with Gasteiger partial charge in [0.2, 0.25) is 0 Å². The van der Waals surface area contributed by atoms with E-state index in [2.05, 4.69) is 0 Å². The lowest BCUT2D eigenvalue weighted by Crippen LogP contribution is -2.42.